The molecule has 2 heterocycles. The zero-order chi connectivity index (χ0) is 16.1. The third-order valence-corrected chi connectivity index (χ3v) is 4.11. The summed E-state index contributed by atoms with van der Waals surface area (Å²) in [5.74, 6) is -0.0136. The van der Waals surface area contributed by atoms with Gasteiger partial charge in [-0.3, -0.25) is 4.79 Å². The number of rotatable bonds is 5. The summed E-state index contributed by atoms with van der Waals surface area (Å²) in [6, 6.07) is 8.06. The lowest BCUT2D eigenvalue weighted by molar-refractivity contribution is -0.116. The Labute approximate surface area is 136 Å². The smallest absolute Gasteiger partial charge is 0.224 e. The van der Waals surface area contributed by atoms with E-state index in [2.05, 4.69) is 39.3 Å². The average Bonchev–Trinajstić information content (AvgIpc) is 3.08. The van der Waals surface area contributed by atoms with Crippen LogP contribution in [-0.2, 0) is 11.2 Å². The van der Waals surface area contributed by atoms with Gasteiger partial charge in [-0.2, -0.15) is 0 Å². The number of hydrogen-bond acceptors (Lipinski definition) is 5. The van der Waals surface area contributed by atoms with E-state index in [1.54, 1.807) is 6.26 Å². The number of piperazine rings is 1. The second-order valence-corrected chi connectivity index (χ2v) is 5.87. The molecular weight excluding hydrogens is 292 g/mol. The van der Waals surface area contributed by atoms with E-state index in [1.807, 2.05) is 12.1 Å². The summed E-state index contributed by atoms with van der Waals surface area (Å²) in [6.07, 6.45) is 3.93. The van der Waals surface area contributed by atoms with Gasteiger partial charge in [-0.1, -0.05) is 0 Å². The van der Waals surface area contributed by atoms with Gasteiger partial charge in [-0.25, -0.2) is 4.98 Å². The highest BCUT2D eigenvalue weighted by molar-refractivity contribution is 5.91. The Morgan fingerprint density at radius 1 is 1.22 bits per heavy atom. The number of benzene rings is 1. The summed E-state index contributed by atoms with van der Waals surface area (Å²) >= 11 is 0. The number of aromatic nitrogens is 1. The molecule has 6 nitrogen and oxygen atoms in total. The molecule has 1 saturated heterocycles. The van der Waals surface area contributed by atoms with E-state index < -0.39 is 0 Å². The van der Waals surface area contributed by atoms with Crippen molar-refractivity contribution >= 4 is 17.3 Å². The monoisotopic (exact) mass is 314 g/mol. The van der Waals surface area contributed by atoms with Crippen LogP contribution in [0.2, 0.25) is 0 Å². The first kappa shape index (κ1) is 15.6. The summed E-state index contributed by atoms with van der Waals surface area (Å²) in [5.41, 5.74) is 2.83. The lowest BCUT2D eigenvalue weighted by atomic mass is 10.2. The minimum absolute atomic E-state index is 0.0136. The third kappa shape index (κ3) is 4.32. The highest BCUT2D eigenvalue weighted by atomic mass is 16.3. The van der Waals surface area contributed by atoms with Crippen molar-refractivity contribution in [2.24, 2.45) is 0 Å². The second kappa shape index (κ2) is 7.28. The highest BCUT2D eigenvalue weighted by Crippen LogP contribution is 2.19. The molecule has 6 heteroatoms. The van der Waals surface area contributed by atoms with Crippen molar-refractivity contribution in [1.82, 2.24) is 9.88 Å². The SMILES string of the molecule is CN1CCN(c2ccc(NC(=O)CCc3cocn3)cc2)CC1. The first-order valence-electron chi connectivity index (χ1n) is 7.91. The molecule has 1 aliphatic rings. The predicted octanol–water partition coefficient (Wildman–Crippen LogP) is 2.00. The van der Waals surface area contributed by atoms with E-state index >= 15 is 0 Å². The maximum absolute atomic E-state index is 11.9. The van der Waals surface area contributed by atoms with E-state index in [9.17, 15) is 4.79 Å². The van der Waals surface area contributed by atoms with Crippen molar-refractivity contribution in [3.05, 3.63) is 42.6 Å². The van der Waals surface area contributed by atoms with Crippen LogP contribution in [0.5, 0.6) is 0 Å². The molecule has 1 amide bonds. The number of nitrogens with one attached hydrogen (secondary N) is 1. The number of likely N-dealkylation sites (N-methyl/N-ethyl adjacent to an activating group) is 1. The number of oxazole rings is 1. The van der Waals surface area contributed by atoms with Gasteiger partial charge in [0.25, 0.3) is 0 Å². The maximum Gasteiger partial charge on any atom is 0.224 e. The van der Waals surface area contributed by atoms with Gasteiger partial charge < -0.3 is 19.5 Å². The summed E-state index contributed by atoms with van der Waals surface area (Å²) in [5, 5.41) is 2.92. The van der Waals surface area contributed by atoms with E-state index in [1.165, 1.54) is 12.1 Å². The minimum atomic E-state index is -0.0136. The average molecular weight is 314 g/mol. The van der Waals surface area contributed by atoms with Gasteiger partial charge in [0.2, 0.25) is 5.91 Å². The molecule has 1 fully saturated rings. The molecule has 122 valence electrons. The van der Waals surface area contributed by atoms with Gasteiger partial charge in [-0.05, 0) is 31.3 Å². The summed E-state index contributed by atoms with van der Waals surface area (Å²) < 4.78 is 4.89. The summed E-state index contributed by atoms with van der Waals surface area (Å²) in [6.45, 7) is 4.25. The highest BCUT2D eigenvalue weighted by Gasteiger charge is 2.14. The molecule has 1 aromatic carbocycles. The van der Waals surface area contributed by atoms with E-state index in [4.69, 9.17) is 4.42 Å². The van der Waals surface area contributed by atoms with E-state index in [-0.39, 0.29) is 5.91 Å². The van der Waals surface area contributed by atoms with Crippen LogP contribution in [-0.4, -0.2) is 49.0 Å². The molecule has 0 bridgehead atoms. The molecule has 0 aliphatic carbocycles. The molecule has 0 radical (unpaired) electrons. The Morgan fingerprint density at radius 2 is 1.96 bits per heavy atom. The number of carbonyl (C=O) groups is 1. The van der Waals surface area contributed by atoms with Crippen molar-refractivity contribution < 1.29 is 9.21 Å². The van der Waals surface area contributed by atoms with Crippen molar-refractivity contribution in [3.63, 3.8) is 0 Å². The number of nitrogens with zero attached hydrogens (tertiary/aromatic N) is 3. The van der Waals surface area contributed by atoms with Crippen molar-refractivity contribution in [3.8, 4) is 0 Å². The Morgan fingerprint density at radius 3 is 2.61 bits per heavy atom. The van der Waals surface area contributed by atoms with E-state index in [0.717, 1.165) is 37.6 Å². The molecule has 23 heavy (non-hydrogen) atoms. The molecule has 0 unspecified atom stereocenters. The zero-order valence-electron chi connectivity index (χ0n) is 13.4. The van der Waals surface area contributed by atoms with Gasteiger partial charge >= 0.3 is 0 Å². The fourth-order valence-electron chi connectivity index (χ4n) is 2.65. The van der Waals surface area contributed by atoms with Crippen LogP contribution in [0.1, 0.15) is 12.1 Å². The molecule has 1 aromatic heterocycles. The second-order valence-electron chi connectivity index (χ2n) is 5.87. The summed E-state index contributed by atoms with van der Waals surface area (Å²) in [4.78, 5) is 20.7. The minimum Gasteiger partial charge on any atom is -0.451 e. The predicted molar refractivity (Wildman–Crippen MR) is 89.6 cm³/mol. The maximum atomic E-state index is 11.9. The summed E-state index contributed by atoms with van der Waals surface area (Å²) in [7, 11) is 2.15. The molecule has 0 saturated carbocycles. The molecule has 1 aliphatic heterocycles. The van der Waals surface area contributed by atoms with Crippen LogP contribution in [0, 0.1) is 0 Å². The Kier molecular flexibility index (Phi) is 4.92. The number of aryl methyl sites for hydroxylation is 1. The lowest BCUT2D eigenvalue weighted by Crippen LogP contribution is -2.44. The van der Waals surface area contributed by atoms with Crippen LogP contribution in [0.25, 0.3) is 0 Å². The molecule has 3 rings (SSSR count). The van der Waals surface area contributed by atoms with Gasteiger partial charge in [-0.15, -0.1) is 0 Å². The van der Waals surface area contributed by atoms with Crippen LogP contribution in [0.3, 0.4) is 0 Å². The fourth-order valence-corrected chi connectivity index (χ4v) is 2.65. The topological polar surface area (TPSA) is 61.6 Å². The first-order chi connectivity index (χ1) is 11.2. The molecule has 2 aromatic rings. The van der Waals surface area contributed by atoms with Crippen molar-refractivity contribution in [1.29, 1.82) is 0 Å². The molecule has 1 N–H and O–H groups in total. The van der Waals surface area contributed by atoms with Gasteiger partial charge in [0, 0.05) is 50.4 Å². The van der Waals surface area contributed by atoms with Crippen LogP contribution in [0.4, 0.5) is 11.4 Å². The van der Waals surface area contributed by atoms with Gasteiger partial charge in [0.1, 0.15) is 6.26 Å². The van der Waals surface area contributed by atoms with Crippen LogP contribution >= 0.6 is 0 Å². The number of amides is 1. The normalized spacial score (nSPS) is 15.6. The van der Waals surface area contributed by atoms with Gasteiger partial charge in [0.15, 0.2) is 6.39 Å². The van der Waals surface area contributed by atoms with Gasteiger partial charge in [0.05, 0.1) is 5.69 Å². The largest absolute Gasteiger partial charge is 0.451 e. The standard InChI is InChI=1S/C17H22N4O2/c1-20-8-10-21(11-9-20)16-5-2-14(3-6-16)19-17(22)7-4-15-12-23-13-18-15/h2-3,5-6,12-13H,4,7-11H2,1H3,(H,19,22). The number of carbonyl (C=O) groups excluding carboxylic acids is 1. The quantitative estimate of drug-likeness (QED) is 0.914. The van der Waals surface area contributed by atoms with Crippen molar-refractivity contribution in [2.45, 2.75) is 12.8 Å². The van der Waals surface area contributed by atoms with Crippen LogP contribution < -0.4 is 10.2 Å². The number of hydrogen-bond donors (Lipinski definition) is 1. The van der Waals surface area contributed by atoms with Crippen molar-refractivity contribution in [2.75, 3.05) is 43.4 Å². The third-order valence-electron chi connectivity index (χ3n) is 4.11. The Balaban J connectivity index is 1.50. The van der Waals surface area contributed by atoms with E-state index in [0.29, 0.717) is 12.8 Å². The molecule has 0 atom stereocenters. The number of anilines is 2. The Hall–Kier alpha value is -2.34. The first-order valence-corrected chi connectivity index (χ1v) is 7.91. The Bertz CT molecular complexity index is 617. The lowest BCUT2D eigenvalue weighted by Gasteiger charge is -2.34. The zero-order valence-corrected chi connectivity index (χ0v) is 13.4. The fraction of sp³-hybridized carbons (Fsp3) is 0.412. The molecule has 0 spiro atoms. The van der Waals surface area contributed by atoms with Crippen LogP contribution in [0.15, 0.2) is 41.3 Å². The molecular formula is C17H22N4O2.